The summed E-state index contributed by atoms with van der Waals surface area (Å²) in [4.78, 5) is 43.0. The van der Waals surface area contributed by atoms with Crippen LogP contribution in [0.5, 0.6) is 0 Å². The van der Waals surface area contributed by atoms with Crippen molar-refractivity contribution in [2.45, 2.75) is 25.6 Å². The highest BCUT2D eigenvalue weighted by molar-refractivity contribution is 6.01. The topological polar surface area (TPSA) is 82.2 Å². The molecule has 1 fully saturated rings. The Bertz CT molecular complexity index is 988. The van der Waals surface area contributed by atoms with Crippen molar-refractivity contribution >= 4 is 17.8 Å². The predicted molar refractivity (Wildman–Crippen MR) is 111 cm³/mol. The highest BCUT2D eigenvalue weighted by atomic mass is 19.4. The highest BCUT2D eigenvalue weighted by Crippen LogP contribution is 2.41. The van der Waals surface area contributed by atoms with Gasteiger partial charge in [0.05, 0.1) is 42.6 Å². The normalized spacial score (nSPS) is 21.5. The maximum absolute atomic E-state index is 13.7. The molecule has 4 rings (SSSR count). The number of hydrogen-bond acceptors (Lipinski definition) is 4. The van der Waals surface area contributed by atoms with Gasteiger partial charge in [-0.1, -0.05) is 18.2 Å². The van der Waals surface area contributed by atoms with Gasteiger partial charge in [-0.2, -0.15) is 13.2 Å². The predicted octanol–water partition coefficient (Wildman–Crippen LogP) is 2.14. The van der Waals surface area contributed by atoms with Crippen molar-refractivity contribution < 1.29 is 32.3 Å². The van der Waals surface area contributed by atoms with E-state index in [0.29, 0.717) is 32.0 Å². The van der Waals surface area contributed by atoms with Crippen LogP contribution in [0.2, 0.25) is 0 Å². The van der Waals surface area contributed by atoms with Crippen molar-refractivity contribution in [3.05, 3.63) is 46.7 Å². The molecule has 1 N–H and O–H groups in total. The molecule has 3 aliphatic heterocycles. The molecule has 33 heavy (non-hydrogen) atoms. The molecule has 1 atom stereocenters. The molecular formula is C22H25F3N4O4. The molecule has 3 aliphatic rings. The maximum atomic E-state index is 13.7. The minimum Gasteiger partial charge on any atom is -0.378 e. The van der Waals surface area contributed by atoms with E-state index in [2.05, 4.69) is 5.32 Å². The first-order valence-electron chi connectivity index (χ1n) is 10.8. The lowest BCUT2D eigenvalue weighted by Gasteiger charge is -2.33. The Balaban J connectivity index is 1.60. The van der Waals surface area contributed by atoms with Crippen LogP contribution < -0.4 is 5.32 Å². The number of urea groups is 1. The third kappa shape index (κ3) is 4.41. The number of amides is 4. The Kier molecular flexibility index (Phi) is 6.33. The summed E-state index contributed by atoms with van der Waals surface area (Å²) in [6.07, 6.45) is -4.56. The molecule has 8 nitrogen and oxygen atoms in total. The fraction of sp³-hybridized carbons (Fsp3) is 0.500. The zero-order valence-electron chi connectivity index (χ0n) is 18.2. The molecular weight excluding hydrogens is 441 g/mol. The van der Waals surface area contributed by atoms with E-state index in [0.717, 1.165) is 6.07 Å². The van der Waals surface area contributed by atoms with Crippen molar-refractivity contribution in [2.24, 2.45) is 0 Å². The van der Waals surface area contributed by atoms with Gasteiger partial charge >= 0.3 is 12.2 Å². The lowest BCUT2D eigenvalue weighted by Crippen LogP contribution is -2.47. The van der Waals surface area contributed by atoms with Gasteiger partial charge in [0.25, 0.3) is 5.91 Å². The second-order valence-electron chi connectivity index (χ2n) is 8.04. The minimum absolute atomic E-state index is 0.0660. The van der Waals surface area contributed by atoms with Crippen LogP contribution in [0, 0.1) is 0 Å². The second kappa shape index (κ2) is 9.05. The number of halogens is 3. The number of nitrogens with zero attached hydrogens (tertiary/aromatic N) is 3. The summed E-state index contributed by atoms with van der Waals surface area (Å²) in [5.41, 5.74) is -0.582. The number of rotatable bonds is 5. The molecule has 3 heterocycles. The number of likely N-dealkylation sites (N-methyl/N-ethyl adjacent to an activating group) is 1. The summed E-state index contributed by atoms with van der Waals surface area (Å²) in [5.74, 6) is -0.586. The number of ether oxygens (including phenoxy) is 1. The molecule has 0 aliphatic carbocycles. The molecule has 0 saturated carbocycles. The van der Waals surface area contributed by atoms with Crippen LogP contribution in [0.15, 0.2) is 35.5 Å². The molecule has 0 bridgehead atoms. The first kappa shape index (κ1) is 23.1. The van der Waals surface area contributed by atoms with Gasteiger partial charge in [-0.05, 0) is 18.6 Å². The third-order valence-electron chi connectivity index (χ3n) is 6.15. The molecule has 1 saturated heterocycles. The number of carbonyl (C=O) groups is 3. The fourth-order valence-corrected chi connectivity index (χ4v) is 4.51. The monoisotopic (exact) mass is 466 g/mol. The summed E-state index contributed by atoms with van der Waals surface area (Å²) < 4.78 is 46.2. The number of morpholine rings is 1. The van der Waals surface area contributed by atoms with Crippen molar-refractivity contribution in [2.75, 3.05) is 45.9 Å². The quantitative estimate of drug-likeness (QED) is 0.721. The fourth-order valence-electron chi connectivity index (χ4n) is 4.51. The summed E-state index contributed by atoms with van der Waals surface area (Å²) in [6, 6.07) is 3.15. The van der Waals surface area contributed by atoms with Crippen molar-refractivity contribution in [3.63, 3.8) is 0 Å². The van der Waals surface area contributed by atoms with Gasteiger partial charge in [0.2, 0.25) is 5.91 Å². The molecule has 178 valence electrons. The van der Waals surface area contributed by atoms with E-state index in [1.165, 1.54) is 28.0 Å². The summed E-state index contributed by atoms with van der Waals surface area (Å²) in [7, 11) is 0. The summed E-state index contributed by atoms with van der Waals surface area (Å²) in [6.45, 7) is 4.06. The van der Waals surface area contributed by atoms with Crippen LogP contribution in [0.4, 0.5) is 18.0 Å². The molecule has 4 amide bonds. The number of benzene rings is 1. The van der Waals surface area contributed by atoms with Crippen LogP contribution >= 0.6 is 0 Å². The molecule has 1 aromatic carbocycles. The van der Waals surface area contributed by atoms with Crippen LogP contribution in [0.3, 0.4) is 0 Å². The highest BCUT2D eigenvalue weighted by Gasteiger charge is 2.46. The zero-order chi connectivity index (χ0) is 23.8. The average Bonchev–Trinajstić information content (AvgIpc) is 3.13. The SMILES string of the molecule is CCN1C(=O)NC(c2ccccc2C(F)(F)F)C2=C1CN(CCC(=O)N1CCOCC1)C2=O. The lowest BCUT2D eigenvalue weighted by molar-refractivity contribution is -0.139. The van der Waals surface area contributed by atoms with Crippen molar-refractivity contribution in [3.8, 4) is 0 Å². The molecule has 11 heteroatoms. The van der Waals surface area contributed by atoms with Gasteiger partial charge in [0.15, 0.2) is 0 Å². The average molecular weight is 466 g/mol. The van der Waals surface area contributed by atoms with Crippen LogP contribution in [0.1, 0.15) is 30.5 Å². The minimum atomic E-state index is -4.64. The molecule has 0 spiro atoms. The van der Waals surface area contributed by atoms with Gasteiger partial charge in [0, 0.05) is 32.6 Å². The number of hydrogen-bond donors (Lipinski definition) is 1. The Labute approximate surface area is 188 Å². The Morgan fingerprint density at radius 1 is 1.18 bits per heavy atom. The van der Waals surface area contributed by atoms with Crippen molar-refractivity contribution in [1.29, 1.82) is 0 Å². The van der Waals surface area contributed by atoms with Crippen LogP contribution in [0.25, 0.3) is 0 Å². The molecule has 1 unspecified atom stereocenters. The molecule has 0 radical (unpaired) electrons. The van der Waals surface area contributed by atoms with E-state index >= 15 is 0 Å². The van der Waals surface area contributed by atoms with Crippen molar-refractivity contribution in [1.82, 2.24) is 20.0 Å². The second-order valence-corrected chi connectivity index (χ2v) is 8.04. The molecule has 0 aromatic heterocycles. The standard InChI is InChI=1S/C22H25F3N4O4/c1-2-29-16-13-28(8-7-17(30)27-9-11-33-12-10-27)20(31)18(16)19(26-21(29)32)14-5-3-4-6-15(14)22(23,24)25/h3-6,19H,2,7-13H2,1H3,(H,26,32). The number of carbonyl (C=O) groups excluding carboxylic acids is 3. The Morgan fingerprint density at radius 3 is 2.55 bits per heavy atom. The van der Waals surface area contributed by atoms with E-state index in [-0.39, 0.29) is 43.1 Å². The smallest absolute Gasteiger partial charge is 0.378 e. The first-order chi connectivity index (χ1) is 15.7. The van der Waals surface area contributed by atoms with Crippen LogP contribution in [-0.4, -0.2) is 78.5 Å². The van der Waals surface area contributed by atoms with E-state index in [1.807, 2.05) is 0 Å². The summed E-state index contributed by atoms with van der Waals surface area (Å²) in [5, 5.41) is 2.58. The van der Waals surface area contributed by atoms with Gasteiger partial charge in [-0.15, -0.1) is 0 Å². The van der Waals surface area contributed by atoms with Gasteiger partial charge in [-0.3, -0.25) is 14.5 Å². The maximum Gasteiger partial charge on any atom is 0.416 e. The summed E-state index contributed by atoms with van der Waals surface area (Å²) >= 11 is 0. The largest absolute Gasteiger partial charge is 0.416 e. The van der Waals surface area contributed by atoms with Gasteiger partial charge < -0.3 is 19.9 Å². The number of alkyl halides is 3. The first-order valence-corrected chi connectivity index (χ1v) is 10.8. The number of nitrogens with one attached hydrogen (secondary N) is 1. The lowest BCUT2D eigenvalue weighted by atomic mass is 9.91. The van der Waals surface area contributed by atoms with E-state index < -0.39 is 29.7 Å². The van der Waals surface area contributed by atoms with Gasteiger partial charge in [0.1, 0.15) is 0 Å². The molecule has 1 aromatic rings. The van der Waals surface area contributed by atoms with E-state index in [1.54, 1.807) is 11.8 Å². The Hall–Kier alpha value is -3.08. The van der Waals surface area contributed by atoms with E-state index in [9.17, 15) is 27.6 Å². The zero-order valence-corrected chi connectivity index (χ0v) is 18.2. The van der Waals surface area contributed by atoms with E-state index in [4.69, 9.17) is 4.74 Å². The van der Waals surface area contributed by atoms with Gasteiger partial charge in [-0.25, -0.2) is 4.79 Å². The van der Waals surface area contributed by atoms with Crippen LogP contribution in [-0.2, 0) is 20.5 Å². The third-order valence-corrected chi connectivity index (χ3v) is 6.15. The Morgan fingerprint density at radius 2 is 1.88 bits per heavy atom.